The molecule has 1 aliphatic carbocycles. The lowest BCUT2D eigenvalue weighted by atomic mass is 9.93. The van der Waals surface area contributed by atoms with Crippen LogP contribution in [-0.2, 0) is 6.54 Å². The molecule has 126 valence electrons. The van der Waals surface area contributed by atoms with Crippen molar-refractivity contribution in [3.63, 3.8) is 0 Å². The highest BCUT2D eigenvalue weighted by atomic mass is 16.5. The first kappa shape index (κ1) is 16.2. The van der Waals surface area contributed by atoms with Crippen LogP contribution < -0.4 is 15.4 Å². The number of nitrogens with zero attached hydrogens (tertiary/aromatic N) is 2. The Morgan fingerprint density at radius 3 is 2.46 bits per heavy atom. The average molecular weight is 326 g/mol. The topological polar surface area (TPSA) is 76.1 Å². The standard InChI is InChI=1S/C18H22N4O2/c23-17(21-13-14-5-2-1-3-6-14)22-15-7-9-16(10-8-15)24-18-19-11-4-12-20-18/h1-6,11-12,15-16H,7-10,13H2,(H2,21,22,23). The van der Waals surface area contributed by atoms with E-state index in [1.165, 1.54) is 0 Å². The summed E-state index contributed by atoms with van der Waals surface area (Å²) in [4.78, 5) is 20.1. The molecule has 1 saturated carbocycles. The first-order chi connectivity index (χ1) is 11.8. The Balaban J connectivity index is 1.36. The van der Waals surface area contributed by atoms with Crippen molar-refractivity contribution in [2.75, 3.05) is 0 Å². The van der Waals surface area contributed by atoms with E-state index >= 15 is 0 Å². The van der Waals surface area contributed by atoms with E-state index in [1.54, 1.807) is 18.5 Å². The minimum Gasteiger partial charge on any atom is -0.460 e. The van der Waals surface area contributed by atoms with Crippen LogP contribution in [0.1, 0.15) is 31.2 Å². The van der Waals surface area contributed by atoms with Crippen LogP contribution >= 0.6 is 0 Å². The first-order valence-corrected chi connectivity index (χ1v) is 8.31. The van der Waals surface area contributed by atoms with Gasteiger partial charge in [-0.3, -0.25) is 0 Å². The summed E-state index contributed by atoms with van der Waals surface area (Å²) >= 11 is 0. The van der Waals surface area contributed by atoms with Crippen molar-refractivity contribution in [2.45, 2.75) is 44.4 Å². The van der Waals surface area contributed by atoms with Gasteiger partial charge in [0.15, 0.2) is 0 Å². The molecule has 1 aliphatic rings. The molecule has 2 aromatic rings. The Labute approximate surface area is 141 Å². The van der Waals surface area contributed by atoms with Crippen LogP contribution in [0.4, 0.5) is 4.79 Å². The first-order valence-electron chi connectivity index (χ1n) is 8.31. The summed E-state index contributed by atoms with van der Waals surface area (Å²) in [5.74, 6) is 0. The second kappa shape index (κ2) is 8.29. The van der Waals surface area contributed by atoms with Gasteiger partial charge in [0, 0.05) is 25.0 Å². The molecule has 0 spiro atoms. The zero-order valence-electron chi connectivity index (χ0n) is 13.5. The van der Waals surface area contributed by atoms with Crippen molar-refractivity contribution in [3.05, 3.63) is 54.4 Å². The molecular weight excluding hydrogens is 304 g/mol. The Bertz CT molecular complexity index is 628. The molecule has 1 heterocycles. The largest absolute Gasteiger partial charge is 0.460 e. The van der Waals surface area contributed by atoms with Crippen LogP contribution in [0.5, 0.6) is 6.01 Å². The van der Waals surface area contributed by atoms with E-state index < -0.39 is 0 Å². The summed E-state index contributed by atoms with van der Waals surface area (Å²) in [6.45, 7) is 0.538. The third-order valence-electron chi connectivity index (χ3n) is 4.12. The fraction of sp³-hybridized carbons (Fsp3) is 0.389. The molecule has 0 atom stereocenters. The van der Waals surface area contributed by atoms with Gasteiger partial charge in [-0.15, -0.1) is 0 Å². The Morgan fingerprint density at radius 1 is 1.04 bits per heavy atom. The number of benzene rings is 1. The molecule has 1 aromatic heterocycles. The lowest BCUT2D eigenvalue weighted by Gasteiger charge is -2.28. The van der Waals surface area contributed by atoms with Crippen molar-refractivity contribution in [2.24, 2.45) is 0 Å². The zero-order valence-corrected chi connectivity index (χ0v) is 13.5. The van der Waals surface area contributed by atoms with E-state index in [9.17, 15) is 4.79 Å². The predicted octanol–water partition coefficient (Wildman–Crippen LogP) is 2.67. The third kappa shape index (κ3) is 4.94. The normalized spacial score (nSPS) is 20.2. The number of rotatable bonds is 5. The SMILES string of the molecule is O=C(NCc1ccccc1)NC1CCC(Oc2ncccn2)CC1. The Morgan fingerprint density at radius 2 is 1.75 bits per heavy atom. The lowest BCUT2D eigenvalue weighted by Crippen LogP contribution is -2.44. The van der Waals surface area contributed by atoms with Crippen molar-refractivity contribution >= 4 is 6.03 Å². The second-order valence-electron chi connectivity index (χ2n) is 5.94. The minimum atomic E-state index is -0.116. The Kier molecular flexibility index (Phi) is 5.61. The van der Waals surface area contributed by atoms with Gasteiger partial charge < -0.3 is 15.4 Å². The molecule has 0 aliphatic heterocycles. The summed E-state index contributed by atoms with van der Waals surface area (Å²) < 4.78 is 5.76. The van der Waals surface area contributed by atoms with Crippen LogP contribution in [0, 0.1) is 0 Å². The maximum Gasteiger partial charge on any atom is 0.316 e. The molecular formula is C18H22N4O2. The van der Waals surface area contributed by atoms with E-state index in [-0.39, 0.29) is 18.2 Å². The summed E-state index contributed by atoms with van der Waals surface area (Å²) in [5.41, 5.74) is 1.09. The number of hydrogen-bond acceptors (Lipinski definition) is 4. The van der Waals surface area contributed by atoms with Gasteiger partial charge in [-0.1, -0.05) is 30.3 Å². The molecule has 1 aromatic carbocycles. The molecule has 0 bridgehead atoms. The maximum atomic E-state index is 12.0. The number of urea groups is 1. The van der Waals surface area contributed by atoms with Gasteiger partial charge in [0.25, 0.3) is 0 Å². The van der Waals surface area contributed by atoms with Gasteiger partial charge in [-0.05, 0) is 37.3 Å². The molecule has 0 unspecified atom stereocenters. The van der Waals surface area contributed by atoms with Gasteiger partial charge >= 0.3 is 12.0 Å². The van der Waals surface area contributed by atoms with Crippen molar-refractivity contribution in [3.8, 4) is 6.01 Å². The molecule has 6 nitrogen and oxygen atoms in total. The number of nitrogens with one attached hydrogen (secondary N) is 2. The molecule has 0 saturated heterocycles. The van der Waals surface area contributed by atoms with E-state index in [1.807, 2.05) is 30.3 Å². The monoisotopic (exact) mass is 326 g/mol. The smallest absolute Gasteiger partial charge is 0.316 e. The van der Waals surface area contributed by atoms with Crippen LogP contribution in [-0.4, -0.2) is 28.1 Å². The molecule has 1 fully saturated rings. The van der Waals surface area contributed by atoms with Gasteiger partial charge in [-0.2, -0.15) is 0 Å². The molecule has 3 rings (SSSR count). The molecule has 2 amide bonds. The summed E-state index contributed by atoms with van der Waals surface area (Å²) in [6, 6.07) is 12.1. The fourth-order valence-electron chi connectivity index (χ4n) is 2.83. The molecule has 6 heteroatoms. The Hall–Kier alpha value is -2.63. The van der Waals surface area contributed by atoms with E-state index in [0.717, 1.165) is 31.2 Å². The van der Waals surface area contributed by atoms with Gasteiger partial charge in [0.1, 0.15) is 6.10 Å². The number of ether oxygens (including phenoxy) is 1. The van der Waals surface area contributed by atoms with Crippen LogP contribution in [0.15, 0.2) is 48.8 Å². The number of carbonyl (C=O) groups is 1. The number of carbonyl (C=O) groups excluding carboxylic acids is 1. The highest BCUT2D eigenvalue weighted by Crippen LogP contribution is 2.21. The van der Waals surface area contributed by atoms with Gasteiger partial charge in [0.05, 0.1) is 0 Å². The predicted molar refractivity (Wildman–Crippen MR) is 90.5 cm³/mol. The fourth-order valence-corrected chi connectivity index (χ4v) is 2.83. The molecule has 24 heavy (non-hydrogen) atoms. The number of aromatic nitrogens is 2. The van der Waals surface area contributed by atoms with Gasteiger partial charge in [-0.25, -0.2) is 14.8 Å². The summed E-state index contributed by atoms with van der Waals surface area (Å²) in [7, 11) is 0. The van der Waals surface area contributed by atoms with E-state index in [2.05, 4.69) is 20.6 Å². The minimum absolute atomic E-state index is 0.116. The average Bonchev–Trinajstić information content (AvgIpc) is 2.63. The zero-order chi connectivity index (χ0) is 16.6. The number of hydrogen-bond donors (Lipinski definition) is 2. The van der Waals surface area contributed by atoms with Crippen LogP contribution in [0.3, 0.4) is 0 Å². The maximum absolute atomic E-state index is 12.0. The van der Waals surface area contributed by atoms with Crippen LogP contribution in [0.2, 0.25) is 0 Å². The van der Waals surface area contributed by atoms with E-state index in [0.29, 0.717) is 12.6 Å². The van der Waals surface area contributed by atoms with Crippen molar-refractivity contribution in [1.82, 2.24) is 20.6 Å². The van der Waals surface area contributed by atoms with Gasteiger partial charge in [0.2, 0.25) is 0 Å². The third-order valence-corrected chi connectivity index (χ3v) is 4.12. The molecule has 2 N–H and O–H groups in total. The van der Waals surface area contributed by atoms with Crippen molar-refractivity contribution in [1.29, 1.82) is 0 Å². The highest BCUT2D eigenvalue weighted by Gasteiger charge is 2.24. The number of amides is 2. The lowest BCUT2D eigenvalue weighted by molar-refractivity contribution is 0.129. The summed E-state index contributed by atoms with van der Waals surface area (Å²) in [5, 5.41) is 5.93. The quantitative estimate of drug-likeness (QED) is 0.886. The molecule has 0 radical (unpaired) electrons. The van der Waals surface area contributed by atoms with E-state index in [4.69, 9.17) is 4.74 Å². The second-order valence-corrected chi connectivity index (χ2v) is 5.94. The highest BCUT2D eigenvalue weighted by molar-refractivity contribution is 5.74. The van der Waals surface area contributed by atoms with Crippen LogP contribution in [0.25, 0.3) is 0 Å². The van der Waals surface area contributed by atoms with Crippen molar-refractivity contribution < 1.29 is 9.53 Å². The summed E-state index contributed by atoms with van der Waals surface area (Å²) in [6.07, 6.45) is 7.05.